The van der Waals surface area contributed by atoms with Crippen molar-refractivity contribution in [3.05, 3.63) is 52.2 Å². The average Bonchev–Trinajstić information content (AvgIpc) is 3.24. The molecule has 120 valence electrons. The van der Waals surface area contributed by atoms with Gasteiger partial charge in [0.1, 0.15) is 0 Å². The minimum Gasteiger partial charge on any atom is -0.481 e. The first-order chi connectivity index (χ1) is 11.1. The first-order valence-corrected chi connectivity index (χ1v) is 9.28. The standard InChI is InChI=1S/C17H17NO3S2/c19-16(18-8-7-12(10-18)17(20)21)14-5-1-2-6-15(14)23-11-13-4-3-9-22-13/h1-6,9,12H,7-8,10-11H2,(H,20,21). The van der Waals surface area contributed by atoms with Crippen LogP contribution < -0.4 is 0 Å². The zero-order valence-corrected chi connectivity index (χ0v) is 14.1. The molecule has 0 bridgehead atoms. The first-order valence-electron chi connectivity index (χ1n) is 7.41. The van der Waals surface area contributed by atoms with E-state index in [4.69, 9.17) is 5.11 Å². The Kier molecular flexibility index (Phi) is 5.03. The van der Waals surface area contributed by atoms with Gasteiger partial charge >= 0.3 is 5.97 Å². The van der Waals surface area contributed by atoms with Crippen LogP contribution in [0.2, 0.25) is 0 Å². The molecular formula is C17H17NO3S2. The lowest BCUT2D eigenvalue weighted by molar-refractivity contribution is -0.141. The number of aliphatic carboxylic acids is 1. The van der Waals surface area contributed by atoms with Crippen molar-refractivity contribution in [3.8, 4) is 0 Å². The zero-order valence-electron chi connectivity index (χ0n) is 12.5. The third-order valence-electron chi connectivity index (χ3n) is 3.89. The van der Waals surface area contributed by atoms with Crippen molar-refractivity contribution in [1.82, 2.24) is 4.90 Å². The van der Waals surface area contributed by atoms with Gasteiger partial charge in [0.25, 0.3) is 5.91 Å². The van der Waals surface area contributed by atoms with E-state index in [0.717, 1.165) is 10.6 Å². The molecule has 6 heteroatoms. The number of carbonyl (C=O) groups is 2. The largest absolute Gasteiger partial charge is 0.481 e. The average molecular weight is 347 g/mol. The molecule has 0 radical (unpaired) electrons. The summed E-state index contributed by atoms with van der Waals surface area (Å²) >= 11 is 3.35. The van der Waals surface area contributed by atoms with Crippen LogP contribution >= 0.6 is 23.1 Å². The van der Waals surface area contributed by atoms with Crippen LogP contribution in [0.1, 0.15) is 21.7 Å². The summed E-state index contributed by atoms with van der Waals surface area (Å²) in [5, 5.41) is 11.1. The van der Waals surface area contributed by atoms with E-state index < -0.39 is 11.9 Å². The van der Waals surface area contributed by atoms with E-state index in [1.165, 1.54) is 4.88 Å². The number of thioether (sulfide) groups is 1. The molecule has 23 heavy (non-hydrogen) atoms. The van der Waals surface area contributed by atoms with Gasteiger partial charge in [-0.1, -0.05) is 18.2 Å². The van der Waals surface area contributed by atoms with Crippen molar-refractivity contribution in [2.75, 3.05) is 13.1 Å². The van der Waals surface area contributed by atoms with Gasteiger partial charge in [-0.25, -0.2) is 0 Å². The molecule has 0 spiro atoms. The summed E-state index contributed by atoms with van der Waals surface area (Å²) in [6.07, 6.45) is 0.533. The zero-order chi connectivity index (χ0) is 16.2. The first kappa shape index (κ1) is 16.1. The number of carboxylic acid groups (broad SMARTS) is 1. The lowest BCUT2D eigenvalue weighted by Gasteiger charge is -2.17. The summed E-state index contributed by atoms with van der Waals surface area (Å²) < 4.78 is 0. The minimum atomic E-state index is -0.819. The van der Waals surface area contributed by atoms with Gasteiger partial charge in [-0.3, -0.25) is 9.59 Å². The second-order valence-corrected chi connectivity index (χ2v) is 7.49. The second kappa shape index (κ2) is 7.19. The fourth-order valence-electron chi connectivity index (χ4n) is 2.63. The molecule has 2 aromatic rings. The number of carbonyl (C=O) groups excluding carboxylic acids is 1. The van der Waals surface area contributed by atoms with Gasteiger partial charge in [0.05, 0.1) is 11.5 Å². The van der Waals surface area contributed by atoms with Crippen molar-refractivity contribution < 1.29 is 14.7 Å². The van der Waals surface area contributed by atoms with E-state index in [9.17, 15) is 9.59 Å². The molecule has 1 N–H and O–H groups in total. The number of carboxylic acids is 1. The molecule has 1 aliphatic rings. The molecule has 2 heterocycles. The fraction of sp³-hybridized carbons (Fsp3) is 0.294. The van der Waals surface area contributed by atoms with E-state index in [1.807, 2.05) is 35.7 Å². The molecule has 1 amide bonds. The summed E-state index contributed by atoms with van der Waals surface area (Å²) in [5.41, 5.74) is 0.667. The number of nitrogens with zero attached hydrogens (tertiary/aromatic N) is 1. The van der Waals surface area contributed by atoms with E-state index in [0.29, 0.717) is 25.1 Å². The van der Waals surface area contributed by atoms with Gasteiger partial charge in [0.15, 0.2) is 0 Å². The van der Waals surface area contributed by atoms with Crippen LogP contribution in [0.3, 0.4) is 0 Å². The van der Waals surface area contributed by atoms with Crippen LogP contribution in [-0.4, -0.2) is 35.0 Å². The second-order valence-electron chi connectivity index (χ2n) is 5.44. The van der Waals surface area contributed by atoms with Crippen LogP contribution in [0.5, 0.6) is 0 Å². The van der Waals surface area contributed by atoms with Crippen molar-refractivity contribution in [2.45, 2.75) is 17.1 Å². The molecule has 1 aromatic carbocycles. The molecule has 1 atom stereocenters. The van der Waals surface area contributed by atoms with Crippen LogP contribution in [-0.2, 0) is 10.5 Å². The third kappa shape index (κ3) is 3.76. The number of hydrogen-bond donors (Lipinski definition) is 1. The normalized spacial score (nSPS) is 17.4. The lowest BCUT2D eigenvalue weighted by atomic mass is 10.1. The smallest absolute Gasteiger partial charge is 0.308 e. The van der Waals surface area contributed by atoms with Gasteiger partial charge in [0.2, 0.25) is 0 Å². The van der Waals surface area contributed by atoms with Crippen molar-refractivity contribution in [1.29, 1.82) is 0 Å². The molecule has 3 rings (SSSR count). The summed E-state index contributed by atoms with van der Waals surface area (Å²) in [6.45, 7) is 0.817. The van der Waals surface area contributed by atoms with Gasteiger partial charge < -0.3 is 10.0 Å². The summed E-state index contributed by atoms with van der Waals surface area (Å²) in [4.78, 5) is 27.7. The molecule has 1 fully saturated rings. The summed E-state index contributed by atoms with van der Waals surface area (Å²) in [6, 6.07) is 11.7. The Morgan fingerprint density at radius 3 is 2.78 bits per heavy atom. The van der Waals surface area contributed by atoms with Crippen LogP contribution in [0.25, 0.3) is 0 Å². The molecule has 4 nitrogen and oxygen atoms in total. The highest BCUT2D eigenvalue weighted by Crippen LogP contribution is 2.29. The minimum absolute atomic E-state index is 0.0666. The number of rotatable bonds is 5. The van der Waals surface area contributed by atoms with E-state index >= 15 is 0 Å². The molecule has 1 unspecified atom stereocenters. The van der Waals surface area contributed by atoms with Gasteiger partial charge in [-0.05, 0) is 30.0 Å². The maximum absolute atomic E-state index is 12.7. The van der Waals surface area contributed by atoms with Gasteiger partial charge in [-0.2, -0.15) is 0 Å². The van der Waals surface area contributed by atoms with Crippen molar-refractivity contribution in [3.63, 3.8) is 0 Å². The van der Waals surface area contributed by atoms with E-state index in [1.54, 1.807) is 28.0 Å². The highest BCUT2D eigenvalue weighted by molar-refractivity contribution is 7.98. The van der Waals surface area contributed by atoms with Crippen molar-refractivity contribution >= 4 is 35.0 Å². The highest BCUT2D eigenvalue weighted by Gasteiger charge is 2.31. The predicted molar refractivity (Wildman–Crippen MR) is 92.0 cm³/mol. The summed E-state index contributed by atoms with van der Waals surface area (Å²) in [5.74, 6) is -0.492. The SMILES string of the molecule is O=C(O)C1CCN(C(=O)c2ccccc2SCc2cccs2)C1. The maximum atomic E-state index is 12.7. The number of benzene rings is 1. The Bertz CT molecular complexity index is 700. The quantitative estimate of drug-likeness (QED) is 0.840. The van der Waals surface area contributed by atoms with E-state index in [2.05, 4.69) is 6.07 Å². The molecule has 1 aliphatic heterocycles. The van der Waals surface area contributed by atoms with Crippen molar-refractivity contribution in [2.24, 2.45) is 5.92 Å². The number of amides is 1. The molecular weight excluding hydrogens is 330 g/mol. The van der Waals surface area contributed by atoms with Gasteiger partial charge in [-0.15, -0.1) is 23.1 Å². The molecule has 0 saturated carbocycles. The van der Waals surface area contributed by atoms with E-state index in [-0.39, 0.29) is 5.91 Å². The Morgan fingerprint density at radius 1 is 1.26 bits per heavy atom. The predicted octanol–water partition coefficient (Wildman–Crippen LogP) is 3.59. The highest BCUT2D eigenvalue weighted by atomic mass is 32.2. The van der Waals surface area contributed by atoms with Gasteiger partial charge in [0, 0.05) is 28.6 Å². The topological polar surface area (TPSA) is 57.6 Å². The number of thiophene rings is 1. The molecule has 1 saturated heterocycles. The maximum Gasteiger partial charge on any atom is 0.308 e. The lowest BCUT2D eigenvalue weighted by Crippen LogP contribution is -2.30. The van der Waals surface area contributed by atoms with Crippen LogP contribution in [0.4, 0.5) is 0 Å². The number of likely N-dealkylation sites (tertiary alicyclic amines) is 1. The third-order valence-corrected chi connectivity index (χ3v) is 6.07. The van der Waals surface area contributed by atoms with Crippen LogP contribution in [0, 0.1) is 5.92 Å². The van der Waals surface area contributed by atoms with Crippen LogP contribution in [0.15, 0.2) is 46.7 Å². The molecule has 1 aromatic heterocycles. The number of hydrogen-bond acceptors (Lipinski definition) is 4. The Morgan fingerprint density at radius 2 is 2.09 bits per heavy atom. The monoisotopic (exact) mass is 347 g/mol. The summed E-state index contributed by atoms with van der Waals surface area (Å²) in [7, 11) is 0. The Hall–Kier alpha value is -1.79. The Labute approximate surface area is 143 Å². The Balaban J connectivity index is 1.72. The molecule has 0 aliphatic carbocycles. The fourth-order valence-corrected chi connectivity index (χ4v) is 4.45.